The van der Waals surface area contributed by atoms with Crippen LogP contribution in [0.2, 0.25) is 10.0 Å². The van der Waals surface area contributed by atoms with Gasteiger partial charge in [-0.1, -0.05) is 23.2 Å². The quantitative estimate of drug-likeness (QED) is 0.475. The van der Waals surface area contributed by atoms with E-state index in [1.807, 2.05) is 0 Å². The van der Waals surface area contributed by atoms with Gasteiger partial charge in [-0.15, -0.1) is 0 Å². The molecule has 0 aliphatic heterocycles. The molecule has 0 amide bonds. The second kappa shape index (κ2) is 6.58. The molecule has 0 aliphatic carbocycles. The van der Waals surface area contributed by atoms with Gasteiger partial charge >= 0.3 is 5.97 Å². The van der Waals surface area contributed by atoms with E-state index in [4.69, 9.17) is 23.2 Å². The molecule has 0 aliphatic rings. The van der Waals surface area contributed by atoms with Crippen molar-refractivity contribution in [2.75, 3.05) is 25.6 Å². The molecule has 0 spiro atoms. The second-order valence-corrected chi connectivity index (χ2v) is 4.57. The Morgan fingerprint density at radius 1 is 1.42 bits per heavy atom. The van der Waals surface area contributed by atoms with E-state index in [1.165, 1.54) is 19.2 Å². The highest BCUT2D eigenvalue weighted by molar-refractivity contribution is 6.42. The van der Waals surface area contributed by atoms with Crippen molar-refractivity contribution in [3.8, 4) is 0 Å². The largest absolute Gasteiger partial charge is 0.469 e. The number of benzene rings is 1. The summed E-state index contributed by atoms with van der Waals surface area (Å²) in [6.45, 7) is 0.269. The maximum atomic E-state index is 11.1. The maximum Gasteiger partial charge on any atom is 0.307 e. The molecule has 19 heavy (non-hydrogen) atoms. The van der Waals surface area contributed by atoms with Crippen LogP contribution in [0.15, 0.2) is 12.1 Å². The summed E-state index contributed by atoms with van der Waals surface area (Å²) in [7, 11) is 2.90. The van der Waals surface area contributed by atoms with Crippen molar-refractivity contribution in [1.29, 1.82) is 0 Å². The molecule has 0 N–H and O–H groups in total. The maximum absolute atomic E-state index is 11.1. The number of nitro benzene ring substituents is 1. The normalized spacial score (nSPS) is 10.1. The van der Waals surface area contributed by atoms with Crippen LogP contribution in [-0.4, -0.2) is 31.6 Å². The van der Waals surface area contributed by atoms with Gasteiger partial charge in [-0.2, -0.15) is 0 Å². The number of ether oxygens (including phenoxy) is 1. The second-order valence-electron chi connectivity index (χ2n) is 3.76. The summed E-state index contributed by atoms with van der Waals surface area (Å²) in [6, 6.07) is 2.59. The minimum absolute atomic E-state index is 0.110. The smallest absolute Gasteiger partial charge is 0.307 e. The van der Waals surface area contributed by atoms with Gasteiger partial charge in [0.1, 0.15) is 5.69 Å². The van der Waals surface area contributed by atoms with Crippen LogP contribution < -0.4 is 4.90 Å². The standard InChI is InChI=1S/C11H12Cl2N2O4/c1-14(4-3-11(16)19-2)9-5-7(12)8(13)6-10(9)15(17)18/h5-6H,3-4H2,1-2H3. The average molecular weight is 307 g/mol. The number of nitrogens with zero attached hydrogens (tertiary/aromatic N) is 2. The first kappa shape index (κ1) is 15.5. The van der Waals surface area contributed by atoms with Crippen LogP contribution in [-0.2, 0) is 9.53 Å². The van der Waals surface area contributed by atoms with Crippen molar-refractivity contribution < 1.29 is 14.5 Å². The van der Waals surface area contributed by atoms with Crippen LogP contribution in [0, 0.1) is 10.1 Å². The fraction of sp³-hybridized carbons (Fsp3) is 0.364. The molecule has 0 radical (unpaired) electrons. The van der Waals surface area contributed by atoms with Crippen LogP contribution in [0.5, 0.6) is 0 Å². The van der Waals surface area contributed by atoms with Crippen LogP contribution >= 0.6 is 23.2 Å². The van der Waals surface area contributed by atoms with Crippen molar-refractivity contribution in [2.24, 2.45) is 0 Å². The molecule has 1 aromatic rings. The molecule has 0 saturated carbocycles. The van der Waals surface area contributed by atoms with Crippen LogP contribution in [0.1, 0.15) is 6.42 Å². The third-order valence-electron chi connectivity index (χ3n) is 2.50. The van der Waals surface area contributed by atoms with E-state index in [9.17, 15) is 14.9 Å². The zero-order chi connectivity index (χ0) is 14.6. The summed E-state index contributed by atoms with van der Waals surface area (Å²) >= 11 is 11.6. The number of carbonyl (C=O) groups is 1. The zero-order valence-corrected chi connectivity index (χ0v) is 11.9. The Bertz CT molecular complexity index is 508. The van der Waals surface area contributed by atoms with Gasteiger partial charge in [0, 0.05) is 19.7 Å². The lowest BCUT2D eigenvalue weighted by Crippen LogP contribution is -2.22. The minimum atomic E-state index is -0.549. The summed E-state index contributed by atoms with van der Waals surface area (Å²) in [5.41, 5.74) is 0.130. The van der Waals surface area contributed by atoms with E-state index in [-0.39, 0.29) is 28.7 Å². The van der Waals surface area contributed by atoms with E-state index >= 15 is 0 Å². The number of hydrogen-bond acceptors (Lipinski definition) is 5. The molecule has 0 heterocycles. The Hall–Kier alpha value is -1.53. The predicted molar refractivity (Wildman–Crippen MR) is 73.0 cm³/mol. The molecule has 0 unspecified atom stereocenters. The molecule has 0 saturated heterocycles. The summed E-state index contributed by atoms with van der Waals surface area (Å²) < 4.78 is 4.51. The molecule has 104 valence electrons. The van der Waals surface area contributed by atoms with Crippen LogP contribution in [0.25, 0.3) is 0 Å². The summed E-state index contributed by atoms with van der Waals surface area (Å²) in [5.74, 6) is -0.394. The lowest BCUT2D eigenvalue weighted by Gasteiger charge is -2.19. The molecule has 0 aromatic heterocycles. The van der Waals surface area contributed by atoms with Gasteiger partial charge in [-0.3, -0.25) is 14.9 Å². The number of carbonyl (C=O) groups excluding carboxylic acids is 1. The van der Waals surface area contributed by atoms with Gasteiger partial charge in [0.15, 0.2) is 0 Å². The zero-order valence-electron chi connectivity index (χ0n) is 10.4. The van der Waals surface area contributed by atoms with Gasteiger partial charge in [-0.25, -0.2) is 0 Å². The van der Waals surface area contributed by atoms with Gasteiger partial charge in [-0.05, 0) is 6.07 Å². The third kappa shape index (κ3) is 3.97. The van der Waals surface area contributed by atoms with Gasteiger partial charge in [0.05, 0.1) is 28.5 Å². The van der Waals surface area contributed by atoms with Crippen LogP contribution in [0.3, 0.4) is 0 Å². The summed E-state index contributed by atoms with van der Waals surface area (Å²) in [5, 5.41) is 11.3. The van der Waals surface area contributed by atoms with Gasteiger partial charge in [0.25, 0.3) is 5.69 Å². The first-order valence-electron chi connectivity index (χ1n) is 5.28. The molecular weight excluding hydrogens is 295 g/mol. The highest BCUT2D eigenvalue weighted by Gasteiger charge is 2.20. The van der Waals surface area contributed by atoms with Crippen molar-refractivity contribution in [1.82, 2.24) is 0 Å². The number of nitro groups is 1. The van der Waals surface area contributed by atoms with Gasteiger partial charge in [0.2, 0.25) is 0 Å². The van der Waals surface area contributed by atoms with Crippen molar-refractivity contribution in [3.63, 3.8) is 0 Å². The number of methoxy groups -OCH3 is 1. The highest BCUT2D eigenvalue weighted by atomic mass is 35.5. The summed E-state index contributed by atoms with van der Waals surface area (Å²) in [4.78, 5) is 23.0. The number of halogens is 2. The van der Waals surface area contributed by atoms with E-state index in [2.05, 4.69) is 4.74 Å². The first-order chi connectivity index (χ1) is 8.86. The van der Waals surface area contributed by atoms with E-state index < -0.39 is 10.9 Å². The predicted octanol–water partition coefficient (Wildman–Crippen LogP) is 2.90. The van der Waals surface area contributed by atoms with E-state index in [0.29, 0.717) is 5.69 Å². The molecule has 0 bridgehead atoms. The Morgan fingerprint density at radius 2 is 2.00 bits per heavy atom. The van der Waals surface area contributed by atoms with Crippen molar-refractivity contribution >= 4 is 40.5 Å². The molecule has 1 rings (SSSR count). The fourth-order valence-electron chi connectivity index (χ4n) is 1.46. The molecular formula is C11H12Cl2N2O4. The summed E-state index contributed by atoms with van der Waals surface area (Å²) in [6.07, 6.45) is 0.115. The lowest BCUT2D eigenvalue weighted by atomic mass is 10.2. The minimum Gasteiger partial charge on any atom is -0.469 e. The molecule has 1 aromatic carbocycles. The molecule has 6 nitrogen and oxygen atoms in total. The Morgan fingerprint density at radius 3 is 2.53 bits per heavy atom. The number of rotatable bonds is 5. The molecule has 0 atom stereocenters. The number of esters is 1. The third-order valence-corrected chi connectivity index (χ3v) is 3.23. The topological polar surface area (TPSA) is 72.7 Å². The monoisotopic (exact) mass is 306 g/mol. The fourth-order valence-corrected chi connectivity index (χ4v) is 1.78. The average Bonchev–Trinajstić information content (AvgIpc) is 2.37. The Balaban J connectivity index is 3.01. The van der Waals surface area contributed by atoms with Crippen molar-refractivity contribution in [2.45, 2.75) is 6.42 Å². The van der Waals surface area contributed by atoms with E-state index in [1.54, 1.807) is 11.9 Å². The highest BCUT2D eigenvalue weighted by Crippen LogP contribution is 2.35. The SMILES string of the molecule is COC(=O)CCN(C)c1cc(Cl)c(Cl)cc1[N+](=O)[O-]. The Kier molecular flexibility index (Phi) is 5.38. The van der Waals surface area contributed by atoms with E-state index in [0.717, 1.165) is 0 Å². The number of hydrogen-bond donors (Lipinski definition) is 0. The number of anilines is 1. The Labute approximate surface area is 120 Å². The van der Waals surface area contributed by atoms with Crippen molar-refractivity contribution in [3.05, 3.63) is 32.3 Å². The first-order valence-corrected chi connectivity index (χ1v) is 6.03. The van der Waals surface area contributed by atoms with Crippen LogP contribution in [0.4, 0.5) is 11.4 Å². The molecule has 0 fully saturated rings. The van der Waals surface area contributed by atoms with Gasteiger partial charge < -0.3 is 9.64 Å². The lowest BCUT2D eigenvalue weighted by molar-refractivity contribution is -0.384. The molecule has 8 heteroatoms.